The van der Waals surface area contributed by atoms with E-state index in [1.54, 1.807) is 0 Å². The van der Waals surface area contributed by atoms with Crippen molar-refractivity contribution >= 4 is 17.0 Å². The molecule has 5 nitrogen and oxygen atoms in total. The number of carbonyl (C=O) groups is 1. The van der Waals surface area contributed by atoms with Crippen molar-refractivity contribution in [2.45, 2.75) is 26.2 Å². The van der Waals surface area contributed by atoms with E-state index in [4.69, 9.17) is 10.3 Å². The lowest BCUT2D eigenvalue weighted by Gasteiger charge is -2.00. The molecule has 0 aliphatic heterocycles. The Labute approximate surface area is 99.0 Å². The van der Waals surface area contributed by atoms with Gasteiger partial charge in [-0.15, -0.1) is 0 Å². The van der Waals surface area contributed by atoms with Crippen LogP contribution in [0.4, 0.5) is 0 Å². The topological polar surface area (TPSA) is 81.2 Å². The van der Waals surface area contributed by atoms with Gasteiger partial charge in [0.25, 0.3) is 0 Å². The van der Waals surface area contributed by atoms with Crippen molar-refractivity contribution in [1.82, 2.24) is 10.4 Å². The SMILES string of the molecule is Cc1nc2cc(CCCC(=O)NN)ccc2o1. The number of nitrogens with zero attached hydrogens (tertiary/aromatic N) is 1. The number of oxazole rings is 1. The zero-order chi connectivity index (χ0) is 12.3. The minimum atomic E-state index is -0.136. The maximum absolute atomic E-state index is 11.0. The lowest BCUT2D eigenvalue weighted by Crippen LogP contribution is -2.29. The van der Waals surface area contributed by atoms with Crippen LogP contribution in [0.2, 0.25) is 0 Å². The number of rotatable bonds is 4. The molecule has 90 valence electrons. The highest BCUT2D eigenvalue weighted by Crippen LogP contribution is 2.17. The molecule has 2 aromatic rings. The molecule has 0 spiro atoms. The fourth-order valence-corrected chi connectivity index (χ4v) is 1.77. The Morgan fingerprint density at radius 2 is 2.35 bits per heavy atom. The van der Waals surface area contributed by atoms with Gasteiger partial charge >= 0.3 is 0 Å². The number of aryl methyl sites for hydroxylation is 2. The van der Waals surface area contributed by atoms with E-state index >= 15 is 0 Å². The Hall–Kier alpha value is -1.88. The number of aromatic nitrogens is 1. The summed E-state index contributed by atoms with van der Waals surface area (Å²) in [5.74, 6) is 5.54. The number of hydrogen-bond donors (Lipinski definition) is 2. The second kappa shape index (κ2) is 4.97. The summed E-state index contributed by atoms with van der Waals surface area (Å²) in [5.41, 5.74) is 4.93. The number of benzene rings is 1. The van der Waals surface area contributed by atoms with E-state index in [-0.39, 0.29) is 5.91 Å². The molecule has 1 aromatic carbocycles. The van der Waals surface area contributed by atoms with Crippen LogP contribution in [-0.4, -0.2) is 10.9 Å². The maximum Gasteiger partial charge on any atom is 0.233 e. The number of amides is 1. The number of hydrazine groups is 1. The second-order valence-corrected chi connectivity index (χ2v) is 3.96. The van der Waals surface area contributed by atoms with Crippen molar-refractivity contribution in [3.8, 4) is 0 Å². The van der Waals surface area contributed by atoms with Crippen LogP contribution < -0.4 is 11.3 Å². The van der Waals surface area contributed by atoms with Crippen LogP contribution in [0.5, 0.6) is 0 Å². The van der Waals surface area contributed by atoms with Crippen LogP contribution in [0, 0.1) is 6.92 Å². The average Bonchev–Trinajstić information content (AvgIpc) is 2.68. The van der Waals surface area contributed by atoms with Gasteiger partial charge in [0.05, 0.1) is 0 Å². The molecule has 0 aliphatic carbocycles. The Bertz CT molecular complexity index is 534. The molecule has 0 saturated heterocycles. The molecule has 0 unspecified atom stereocenters. The van der Waals surface area contributed by atoms with Gasteiger partial charge in [-0.1, -0.05) is 6.07 Å². The van der Waals surface area contributed by atoms with Crippen molar-refractivity contribution in [2.24, 2.45) is 5.84 Å². The molecule has 0 radical (unpaired) electrons. The third kappa shape index (κ3) is 2.82. The van der Waals surface area contributed by atoms with E-state index in [0.717, 1.165) is 29.5 Å². The summed E-state index contributed by atoms with van der Waals surface area (Å²) >= 11 is 0. The normalized spacial score (nSPS) is 10.7. The molecular formula is C12H15N3O2. The highest BCUT2D eigenvalue weighted by atomic mass is 16.3. The van der Waals surface area contributed by atoms with Crippen LogP contribution in [0.3, 0.4) is 0 Å². The van der Waals surface area contributed by atoms with Gasteiger partial charge in [-0.3, -0.25) is 10.2 Å². The van der Waals surface area contributed by atoms with Crippen molar-refractivity contribution in [2.75, 3.05) is 0 Å². The number of nitrogens with two attached hydrogens (primary N) is 1. The molecule has 0 saturated carbocycles. The minimum absolute atomic E-state index is 0.136. The molecule has 0 aliphatic rings. The van der Waals surface area contributed by atoms with Crippen molar-refractivity contribution in [3.63, 3.8) is 0 Å². The van der Waals surface area contributed by atoms with Gasteiger partial charge in [0.2, 0.25) is 5.91 Å². The highest BCUT2D eigenvalue weighted by molar-refractivity contribution is 5.75. The molecular weight excluding hydrogens is 218 g/mol. The second-order valence-electron chi connectivity index (χ2n) is 3.96. The first kappa shape index (κ1) is 11.6. The van der Waals surface area contributed by atoms with E-state index < -0.39 is 0 Å². The molecule has 0 fully saturated rings. The molecule has 3 N–H and O–H groups in total. The van der Waals surface area contributed by atoms with E-state index in [0.29, 0.717) is 12.3 Å². The quantitative estimate of drug-likeness (QED) is 0.475. The van der Waals surface area contributed by atoms with Gasteiger partial charge in [0, 0.05) is 13.3 Å². The highest BCUT2D eigenvalue weighted by Gasteiger charge is 2.04. The predicted octanol–water partition coefficient (Wildman–Crippen LogP) is 1.45. The number of fused-ring (bicyclic) bond motifs is 1. The van der Waals surface area contributed by atoms with E-state index in [2.05, 4.69) is 10.4 Å². The number of hydrogen-bond acceptors (Lipinski definition) is 4. The summed E-state index contributed by atoms with van der Waals surface area (Å²) in [4.78, 5) is 15.2. The zero-order valence-corrected chi connectivity index (χ0v) is 9.69. The Morgan fingerprint density at radius 1 is 1.53 bits per heavy atom. The van der Waals surface area contributed by atoms with Crippen LogP contribution in [0.15, 0.2) is 22.6 Å². The van der Waals surface area contributed by atoms with E-state index in [1.807, 2.05) is 25.1 Å². The van der Waals surface area contributed by atoms with Gasteiger partial charge in [0.15, 0.2) is 11.5 Å². The summed E-state index contributed by atoms with van der Waals surface area (Å²) in [6.07, 6.45) is 2.03. The third-order valence-corrected chi connectivity index (χ3v) is 2.59. The van der Waals surface area contributed by atoms with Crippen molar-refractivity contribution in [3.05, 3.63) is 29.7 Å². The fraction of sp³-hybridized carbons (Fsp3) is 0.333. The minimum Gasteiger partial charge on any atom is -0.441 e. The molecule has 1 amide bonds. The van der Waals surface area contributed by atoms with Crippen LogP contribution >= 0.6 is 0 Å². The molecule has 0 atom stereocenters. The lowest BCUT2D eigenvalue weighted by atomic mass is 10.1. The van der Waals surface area contributed by atoms with E-state index in [1.165, 1.54) is 0 Å². The van der Waals surface area contributed by atoms with Crippen molar-refractivity contribution in [1.29, 1.82) is 0 Å². The third-order valence-electron chi connectivity index (χ3n) is 2.59. The molecule has 17 heavy (non-hydrogen) atoms. The molecule has 2 rings (SSSR count). The Kier molecular flexibility index (Phi) is 3.39. The Balaban J connectivity index is 2.01. The van der Waals surface area contributed by atoms with Crippen molar-refractivity contribution < 1.29 is 9.21 Å². The van der Waals surface area contributed by atoms with E-state index in [9.17, 15) is 4.79 Å². The first-order chi connectivity index (χ1) is 8.19. The van der Waals surface area contributed by atoms with Crippen LogP contribution in [-0.2, 0) is 11.2 Å². The molecule has 0 bridgehead atoms. The molecule has 1 heterocycles. The smallest absolute Gasteiger partial charge is 0.233 e. The van der Waals surface area contributed by atoms with Gasteiger partial charge < -0.3 is 4.42 Å². The maximum atomic E-state index is 11.0. The lowest BCUT2D eigenvalue weighted by molar-refractivity contribution is -0.121. The van der Waals surface area contributed by atoms with Crippen LogP contribution in [0.1, 0.15) is 24.3 Å². The van der Waals surface area contributed by atoms with Gasteiger partial charge in [-0.2, -0.15) is 0 Å². The molecule has 1 aromatic heterocycles. The summed E-state index contributed by atoms with van der Waals surface area (Å²) in [6, 6.07) is 5.90. The fourth-order valence-electron chi connectivity index (χ4n) is 1.77. The average molecular weight is 233 g/mol. The summed E-state index contributed by atoms with van der Waals surface area (Å²) in [5, 5.41) is 0. The molecule has 5 heteroatoms. The largest absolute Gasteiger partial charge is 0.441 e. The zero-order valence-electron chi connectivity index (χ0n) is 9.69. The standard InChI is InChI=1S/C12H15N3O2/c1-8-14-10-7-9(5-6-11(10)17-8)3-2-4-12(16)15-13/h5-7H,2-4,13H2,1H3,(H,15,16). The van der Waals surface area contributed by atoms with Crippen LogP contribution in [0.25, 0.3) is 11.1 Å². The summed E-state index contributed by atoms with van der Waals surface area (Å²) < 4.78 is 5.39. The first-order valence-corrected chi connectivity index (χ1v) is 5.54. The number of carbonyl (C=O) groups excluding carboxylic acids is 1. The van der Waals surface area contributed by atoms with Gasteiger partial charge in [0.1, 0.15) is 5.52 Å². The summed E-state index contributed by atoms with van der Waals surface area (Å²) in [7, 11) is 0. The monoisotopic (exact) mass is 233 g/mol. The summed E-state index contributed by atoms with van der Waals surface area (Å²) in [6.45, 7) is 1.82. The number of nitrogens with one attached hydrogen (secondary N) is 1. The van der Waals surface area contributed by atoms with Gasteiger partial charge in [-0.25, -0.2) is 10.8 Å². The Morgan fingerprint density at radius 3 is 3.12 bits per heavy atom. The first-order valence-electron chi connectivity index (χ1n) is 5.54. The van der Waals surface area contributed by atoms with Gasteiger partial charge in [-0.05, 0) is 30.5 Å². The predicted molar refractivity (Wildman–Crippen MR) is 64.0 cm³/mol.